The van der Waals surface area contributed by atoms with Gasteiger partial charge in [-0.2, -0.15) is 19.9 Å². The molecule has 0 aromatic carbocycles. The Morgan fingerprint density at radius 3 is 1.26 bits per heavy atom. The van der Waals surface area contributed by atoms with Crippen molar-refractivity contribution in [2.45, 2.75) is 186 Å². The van der Waals surface area contributed by atoms with Crippen LogP contribution in [0.1, 0.15) is 65.8 Å². The summed E-state index contributed by atoms with van der Waals surface area (Å²) in [6.07, 6.45) is 5.04. The Labute approximate surface area is 645 Å². The molecule has 115 heavy (non-hydrogen) atoms. The van der Waals surface area contributed by atoms with Gasteiger partial charge in [0.2, 0.25) is 52.1 Å². The summed E-state index contributed by atoms with van der Waals surface area (Å²) in [7, 11) is 0. The summed E-state index contributed by atoms with van der Waals surface area (Å²) < 4.78 is 122. The number of hydrogen-bond donors (Lipinski definition) is 19. The van der Waals surface area contributed by atoms with Gasteiger partial charge in [-0.3, -0.25) is 47.6 Å². The molecule has 0 amide bonds. The minimum absolute atomic E-state index is 0.0139. The van der Waals surface area contributed by atoms with E-state index in [1.165, 1.54) is 79.4 Å². The molecule has 15 heterocycles. The van der Waals surface area contributed by atoms with Crippen molar-refractivity contribution in [3.63, 3.8) is 0 Å². The molecule has 610 valence electrons. The molecule has 10 aromatic rings. The maximum Gasteiger partial charge on any atom is 0.280 e. The van der Waals surface area contributed by atoms with Crippen LogP contribution in [0.4, 0.5) is 56.1 Å². The highest BCUT2D eigenvalue weighted by Gasteiger charge is 2.64. The largest absolute Gasteiger partial charge is 0.391 e. The number of rotatable bonds is 10. The molecule has 0 saturated carbocycles. The van der Waals surface area contributed by atoms with Gasteiger partial charge in [-0.1, -0.05) is 41.8 Å². The molecule has 24 N–H and O–H groups in total. The SMILES string of the molecule is C#CC1(F)[C@@H](O)[C@@H]([C@@H](C)O)O[C@H]1n1cc(F)c2c(=O)[nH]c(N)nc21.C#CC1(F)[C@@H](O)[C@@H]([C@@H](C)O)O[C@H]1n1ccc2c(=O)[nH]c(N)nc21.C#CC1(F)[C@@H](O)[C@@H]([C@@H](C)O)O[C@H]1n1cnc2c(=O)[nH]c(N)nc21.C#CC1(F)[C@@H](O)[C@@H]([C@@H](C)O)O[C@H]1n1cnc2c(=S)nc(N)[nH]c21.C#CC1(F)[C@@H](O)[C@@H]([C@@H](C)O)O[C@H]1n1cnc2cnc(N)nc21. The monoisotopic (exact) mass is 1630 g/mol. The van der Waals surface area contributed by atoms with Gasteiger partial charge in [0.1, 0.15) is 83.1 Å². The summed E-state index contributed by atoms with van der Waals surface area (Å²) in [4.78, 5) is 80.0. The predicted molar refractivity (Wildman–Crippen MR) is 390 cm³/mol. The van der Waals surface area contributed by atoms with Crippen molar-refractivity contribution in [1.82, 2.24) is 87.6 Å². The lowest BCUT2D eigenvalue weighted by molar-refractivity contribution is -0.0776. The van der Waals surface area contributed by atoms with Crippen molar-refractivity contribution >= 4 is 97.5 Å². The highest BCUT2D eigenvalue weighted by Crippen LogP contribution is 2.49. The van der Waals surface area contributed by atoms with Crippen molar-refractivity contribution in [2.75, 3.05) is 28.7 Å². The molecule has 0 aliphatic carbocycles. The number of H-pyrrole nitrogens is 4. The Hall–Kier alpha value is -11.7. The molecule has 25 atom stereocenters. The van der Waals surface area contributed by atoms with Crippen LogP contribution in [0.3, 0.4) is 0 Å². The van der Waals surface area contributed by atoms with Gasteiger partial charge < -0.3 is 113 Å². The third-order valence-electron chi connectivity index (χ3n) is 19.2. The zero-order valence-electron chi connectivity index (χ0n) is 60.0. The summed E-state index contributed by atoms with van der Waals surface area (Å²) in [5.74, 6) is 7.71. The fourth-order valence-electron chi connectivity index (χ4n) is 13.4. The van der Waals surface area contributed by atoms with Crippen LogP contribution < -0.4 is 45.3 Å². The Balaban J connectivity index is 0.000000142. The smallest absolute Gasteiger partial charge is 0.280 e. The first-order valence-corrected chi connectivity index (χ1v) is 34.1. The molecule has 5 saturated heterocycles. The first-order valence-electron chi connectivity index (χ1n) is 33.7. The fraction of sp³-hybridized carbons (Fsp3) is 0.448. The number of imidazole rings is 3. The van der Waals surface area contributed by atoms with Gasteiger partial charge in [0, 0.05) is 12.4 Å². The van der Waals surface area contributed by atoms with Crippen LogP contribution in [0, 0.1) is 72.2 Å². The van der Waals surface area contributed by atoms with Gasteiger partial charge in [-0.15, -0.1) is 32.1 Å². The van der Waals surface area contributed by atoms with E-state index in [1.807, 2.05) is 23.7 Å². The number of anilines is 5. The van der Waals surface area contributed by atoms with Gasteiger partial charge >= 0.3 is 0 Å². The van der Waals surface area contributed by atoms with Crippen LogP contribution in [-0.2, 0) is 23.7 Å². The fourth-order valence-corrected chi connectivity index (χ4v) is 13.6. The van der Waals surface area contributed by atoms with Gasteiger partial charge in [-0.25, -0.2) is 51.3 Å². The van der Waals surface area contributed by atoms with Crippen molar-refractivity contribution < 1.29 is 101 Å². The number of terminal acetylenes is 5. The van der Waals surface area contributed by atoms with E-state index in [0.29, 0.717) is 5.52 Å². The number of nitrogen functional groups attached to an aromatic ring is 5. The molecule has 10 aromatic heterocycles. The maximum absolute atomic E-state index is 15.1. The molecule has 5 unspecified atom stereocenters. The molecule has 5 aliphatic rings. The number of halogens is 6. The molecule has 41 nitrogen and oxygen atoms in total. The van der Waals surface area contributed by atoms with E-state index in [2.05, 4.69) is 64.8 Å². The topological polar surface area (TPSA) is 634 Å². The summed E-state index contributed by atoms with van der Waals surface area (Å²) >= 11 is 5.05. The summed E-state index contributed by atoms with van der Waals surface area (Å²) in [5.41, 5.74) is 13.2. The minimum atomic E-state index is -2.78. The van der Waals surface area contributed by atoms with Crippen molar-refractivity contribution in [1.29, 1.82) is 0 Å². The lowest BCUT2D eigenvalue weighted by Crippen LogP contribution is -2.43. The molecule has 48 heteroatoms. The quantitative estimate of drug-likeness (QED) is 0.0365. The predicted octanol–water partition coefficient (Wildman–Crippen LogP) is -3.16. The average Bonchev–Trinajstić information content (AvgIpc) is 1.62. The molecule has 5 aliphatic heterocycles. The standard InChI is InChI=1S/C14H14F2N4O4.C14H15FN4O4.C13H14FN5O4.C13H14FN5O3S.C13H14FN5O3/c1-3-14(16)9(22)8(5(2)21)24-12(14)20-4-6(15)7-10(20)18-13(17)19-11(7)23;1-3-14(15)9(21)8(6(2)20)23-12(14)19-5-4-7-10(19)17-13(16)18-11(7)22;1-3-13(14)8(21)7(5(2)20)23-11(13)19-4-16-6-9(19)17-12(15)18-10(6)22;1-3-13(14)8(21)7(5(2)20)22-11(13)19-4-16-6-9(19)17-12(15)18-10(6)23;1-3-13(14)9(21)8(6(2)20)22-11(13)19-5-17-7-4-16-12(15)18-10(7)19/h1,4-5,8-9,12,21-22H,2H3,(H3,17,18,19,23);1,4-6,8-9,12,20-21H,2H3,(H3,16,17,18,22);1,4-5,7-8,11,20-21H,2H3,(H3,15,17,18,22);1,4-5,7-8,11,20-21H,2H3,(H3,15,17,18,23);1,4-6,8-9,11,20-21H,2H3,(H2,15,16,18)/t5-,8-,9+,12-,14?;6-,8-,9+,12-,14?;2*5-,7-,8+,11-,13?;6-,8-,9+,11-,13?/m11111/s1. The van der Waals surface area contributed by atoms with E-state index in [1.54, 1.807) is 5.92 Å². The van der Waals surface area contributed by atoms with Gasteiger partial charge in [0.15, 0.2) is 75.7 Å². The van der Waals surface area contributed by atoms with Gasteiger partial charge in [0.25, 0.3) is 16.7 Å². The second-order valence-electron chi connectivity index (χ2n) is 26.8. The lowest BCUT2D eigenvalue weighted by Gasteiger charge is -2.24. The Bertz CT molecular complexity index is 5520. The first kappa shape index (κ1) is 84.2. The number of aromatic amines is 4. The Kier molecular flexibility index (Phi) is 22.9. The van der Waals surface area contributed by atoms with Crippen LogP contribution in [0.5, 0.6) is 0 Å². The third-order valence-corrected chi connectivity index (χ3v) is 19.5. The Morgan fingerprint density at radius 2 is 0.817 bits per heavy atom. The first-order chi connectivity index (χ1) is 54.0. The molecule has 5 fully saturated rings. The second-order valence-corrected chi connectivity index (χ2v) is 27.2. The minimum Gasteiger partial charge on any atom is -0.391 e. The van der Waals surface area contributed by atoms with Gasteiger partial charge in [0.05, 0.1) is 61.1 Å². The van der Waals surface area contributed by atoms with Crippen LogP contribution in [-0.4, -0.2) is 259 Å². The number of aliphatic hydroxyl groups excluding tert-OH is 10. The summed E-state index contributed by atoms with van der Waals surface area (Å²) in [6.45, 7) is 6.71. The number of nitrogens with one attached hydrogen (secondary N) is 4. The van der Waals surface area contributed by atoms with E-state index in [-0.39, 0.29) is 79.0 Å². The number of alkyl halides is 5. The van der Waals surface area contributed by atoms with Gasteiger partial charge in [-0.05, 0) is 40.7 Å². The molecule has 0 bridgehead atoms. The summed E-state index contributed by atoms with van der Waals surface area (Å²) in [6, 6.07) is 1.41. The number of aliphatic hydroxyl groups is 10. The number of nitrogens with zero attached hydrogens (tertiary/aromatic N) is 14. The van der Waals surface area contributed by atoms with E-state index in [4.69, 9.17) is 96.7 Å². The second kappa shape index (κ2) is 31.2. The van der Waals surface area contributed by atoms with Crippen LogP contribution in [0.25, 0.3) is 55.6 Å². The third kappa shape index (κ3) is 14.3. The van der Waals surface area contributed by atoms with E-state index in [0.717, 1.165) is 21.7 Å². The van der Waals surface area contributed by atoms with Crippen molar-refractivity contribution in [3.8, 4) is 61.7 Å². The highest BCUT2D eigenvalue weighted by molar-refractivity contribution is 7.71. The maximum atomic E-state index is 15.1. The highest BCUT2D eigenvalue weighted by atomic mass is 32.1. The zero-order chi connectivity index (χ0) is 84.7. The van der Waals surface area contributed by atoms with E-state index < -0.39 is 179 Å². The molecule has 0 radical (unpaired) electrons. The zero-order valence-corrected chi connectivity index (χ0v) is 60.9. The molecular formula is C67H71F6N23O18S. The molecular weight excluding hydrogens is 1560 g/mol. The van der Waals surface area contributed by atoms with Crippen LogP contribution in [0.15, 0.2) is 58.0 Å². The Morgan fingerprint density at radius 1 is 0.461 bits per heavy atom. The molecule has 0 spiro atoms. The summed E-state index contributed by atoms with van der Waals surface area (Å²) in [5, 5.41) is 98.4. The lowest BCUT2D eigenvalue weighted by atomic mass is 9.95. The van der Waals surface area contributed by atoms with Crippen LogP contribution >= 0.6 is 12.2 Å². The molecule has 15 rings (SSSR count). The number of fused-ring (bicyclic) bond motifs is 5. The van der Waals surface area contributed by atoms with E-state index >= 15 is 22.0 Å². The number of aromatic nitrogens is 18. The van der Waals surface area contributed by atoms with Crippen LogP contribution in [0.2, 0.25) is 0 Å². The number of ether oxygens (including phenoxy) is 5. The van der Waals surface area contributed by atoms with E-state index in [9.17, 15) is 69.8 Å². The number of nitrogens with two attached hydrogens (primary N) is 5. The van der Waals surface area contributed by atoms with Crippen molar-refractivity contribution in [2.24, 2.45) is 0 Å². The van der Waals surface area contributed by atoms with Crippen molar-refractivity contribution in [3.05, 3.63) is 85.2 Å². The average molecular weight is 1630 g/mol. The number of hydrogen-bond acceptors (Lipinski definition) is 33. The normalized spacial score (nSPS) is 32.1.